The monoisotopic (exact) mass is 316 g/mol. The van der Waals surface area contributed by atoms with E-state index in [-0.39, 0.29) is 5.91 Å². The van der Waals surface area contributed by atoms with Crippen LogP contribution in [0.15, 0.2) is 18.3 Å². The topological polar surface area (TPSA) is 54.6 Å². The highest BCUT2D eigenvalue weighted by Gasteiger charge is 2.28. The Hall–Kier alpha value is -2.17. The Morgan fingerprint density at radius 3 is 2.70 bits per heavy atom. The molecule has 0 saturated carbocycles. The van der Waals surface area contributed by atoms with Gasteiger partial charge in [-0.1, -0.05) is 6.92 Å². The first-order valence-electron chi connectivity index (χ1n) is 8.23. The molecule has 23 heavy (non-hydrogen) atoms. The lowest BCUT2D eigenvalue weighted by molar-refractivity contribution is 0.0610. The molecule has 1 aromatic carbocycles. The minimum absolute atomic E-state index is 0.106. The third-order valence-electron chi connectivity index (χ3n) is 4.78. The van der Waals surface area contributed by atoms with Crippen LogP contribution in [0.3, 0.4) is 0 Å². The van der Waals surface area contributed by atoms with Crippen LogP contribution in [-0.2, 0) is 0 Å². The standard InChI is InChI=1S/C18H24N2O3/c1-4-12-7-5-6-8-20(12)18(21)14-11-19-15-10-17(23-3)16(22-2)9-13(14)15/h9-12,19H,4-8H2,1-3H3. The molecule has 3 rings (SSSR count). The van der Waals surface area contributed by atoms with Crippen molar-refractivity contribution in [1.82, 2.24) is 9.88 Å². The maximum atomic E-state index is 13.0. The third kappa shape index (κ3) is 2.76. The van der Waals surface area contributed by atoms with Gasteiger partial charge in [-0.05, 0) is 31.7 Å². The van der Waals surface area contributed by atoms with E-state index in [2.05, 4.69) is 11.9 Å². The lowest BCUT2D eigenvalue weighted by Gasteiger charge is -2.35. The number of aromatic amines is 1. The van der Waals surface area contributed by atoms with Gasteiger partial charge < -0.3 is 19.4 Å². The molecule has 1 unspecified atom stereocenters. The van der Waals surface area contributed by atoms with E-state index in [9.17, 15) is 4.79 Å². The van der Waals surface area contributed by atoms with Gasteiger partial charge in [0.15, 0.2) is 11.5 Å². The van der Waals surface area contributed by atoms with Crippen molar-refractivity contribution in [2.24, 2.45) is 0 Å². The number of aromatic nitrogens is 1. The molecule has 1 aromatic heterocycles. The van der Waals surface area contributed by atoms with Crippen molar-refractivity contribution in [3.63, 3.8) is 0 Å². The number of hydrogen-bond acceptors (Lipinski definition) is 3. The number of methoxy groups -OCH3 is 2. The quantitative estimate of drug-likeness (QED) is 0.938. The van der Waals surface area contributed by atoms with Gasteiger partial charge in [-0.15, -0.1) is 0 Å². The van der Waals surface area contributed by atoms with Crippen molar-refractivity contribution < 1.29 is 14.3 Å². The van der Waals surface area contributed by atoms with Crippen LogP contribution in [0.2, 0.25) is 0 Å². The van der Waals surface area contributed by atoms with Crippen LogP contribution in [0.1, 0.15) is 43.0 Å². The molecule has 0 aliphatic carbocycles. The van der Waals surface area contributed by atoms with E-state index in [0.717, 1.165) is 36.7 Å². The molecule has 124 valence electrons. The summed E-state index contributed by atoms with van der Waals surface area (Å²) in [4.78, 5) is 18.2. The number of piperidine rings is 1. The number of amides is 1. The Bertz CT molecular complexity index is 708. The summed E-state index contributed by atoms with van der Waals surface area (Å²) in [5, 5.41) is 0.882. The molecular formula is C18H24N2O3. The second-order valence-corrected chi connectivity index (χ2v) is 6.01. The Balaban J connectivity index is 2.00. The lowest BCUT2D eigenvalue weighted by atomic mass is 9.98. The average molecular weight is 316 g/mol. The van der Waals surface area contributed by atoms with Crippen LogP contribution >= 0.6 is 0 Å². The molecule has 0 radical (unpaired) electrons. The molecule has 1 atom stereocenters. The van der Waals surface area contributed by atoms with Crippen molar-refractivity contribution in [3.05, 3.63) is 23.9 Å². The molecule has 2 heterocycles. The van der Waals surface area contributed by atoms with E-state index >= 15 is 0 Å². The summed E-state index contributed by atoms with van der Waals surface area (Å²) in [6.45, 7) is 3.00. The third-order valence-corrected chi connectivity index (χ3v) is 4.78. The first-order valence-corrected chi connectivity index (χ1v) is 8.23. The van der Waals surface area contributed by atoms with Crippen LogP contribution in [0, 0.1) is 0 Å². The molecule has 5 heteroatoms. The SMILES string of the molecule is CCC1CCCCN1C(=O)c1c[nH]c2cc(OC)c(OC)cc12. The zero-order valence-corrected chi connectivity index (χ0v) is 14.0. The van der Waals surface area contributed by atoms with Crippen molar-refractivity contribution in [2.75, 3.05) is 20.8 Å². The number of nitrogens with zero attached hydrogens (tertiary/aromatic N) is 1. The minimum atomic E-state index is 0.106. The highest BCUT2D eigenvalue weighted by atomic mass is 16.5. The molecule has 5 nitrogen and oxygen atoms in total. The molecule has 0 spiro atoms. The van der Waals surface area contributed by atoms with Crippen molar-refractivity contribution in [1.29, 1.82) is 0 Å². The summed E-state index contributed by atoms with van der Waals surface area (Å²) in [7, 11) is 3.22. The van der Waals surface area contributed by atoms with E-state index in [1.165, 1.54) is 6.42 Å². The number of nitrogens with one attached hydrogen (secondary N) is 1. The molecule has 2 aromatic rings. The van der Waals surface area contributed by atoms with E-state index in [4.69, 9.17) is 9.47 Å². The number of rotatable bonds is 4. The zero-order valence-electron chi connectivity index (χ0n) is 14.0. The highest BCUT2D eigenvalue weighted by Crippen LogP contribution is 2.34. The Morgan fingerprint density at radius 1 is 1.26 bits per heavy atom. The Labute approximate surface area is 136 Å². The maximum Gasteiger partial charge on any atom is 0.256 e. The van der Waals surface area contributed by atoms with E-state index in [1.807, 2.05) is 17.0 Å². The number of carbonyl (C=O) groups excluding carboxylic acids is 1. The number of ether oxygens (including phenoxy) is 2. The molecule has 1 aliphatic heterocycles. The Morgan fingerprint density at radius 2 is 2.00 bits per heavy atom. The smallest absolute Gasteiger partial charge is 0.256 e. The highest BCUT2D eigenvalue weighted by molar-refractivity contribution is 6.07. The molecule has 1 N–H and O–H groups in total. The van der Waals surface area contributed by atoms with Gasteiger partial charge in [0.05, 0.1) is 25.3 Å². The maximum absolute atomic E-state index is 13.0. The van der Waals surface area contributed by atoms with Crippen LogP contribution < -0.4 is 9.47 Å². The van der Waals surface area contributed by atoms with Gasteiger partial charge in [0.2, 0.25) is 0 Å². The first-order chi connectivity index (χ1) is 11.2. The van der Waals surface area contributed by atoms with Crippen LogP contribution in [-0.4, -0.2) is 42.6 Å². The number of H-pyrrole nitrogens is 1. The minimum Gasteiger partial charge on any atom is -0.493 e. The fourth-order valence-electron chi connectivity index (χ4n) is 3.47. The van der Waals surface area contributed by atoms with Crippen LogP contribution in [0.25, 0.3) is 10.9 Å². The summed E-state index contributed by atoms with van der Waals surface area (Å²) < 4.78 is 10.7. The van der Waals surface area contributed by atoms with Crippen molar-refractivity contribution >= 4 is 16.8 Å². The van der Waals surface area contributed by atoms with Crippen LogP contribution in [0.4, 0.5) is 0 Å². The predicted molar refractivity (Wildman–Crippen MR) is 90.4 cm³/mol. The number of likely N-dealkylation sites (tertiary alicyclic amines) is 1. The molecule has 1 fully saturated rings. The second kappa shape index (κ2) is 6.52. The van der Waals surface area contributed by atoms with Gasteiger partial charge in [-0.2, -0.15) is 0 Å². The molecule has 1 saturated heterocycles. The molecule has 1 aliphatic rings. The molecule has 1 amide bonds. The van der Waals surface area contributed by atoms with Gasteiger partial charge in [0.1, 0.15) is 0 Å². The van der Waals surface area contributed by atoms with E-state index in [0.29, 0.717) is 23.1 Å². The van der Waals surface area contributed by atoms with Gasteiger partial charge in [-0.25, -0.2) is 0 Å². The van der Waals surface area contributed by atoms with E-state index in [1.54, 1.807) is 20.4 Å². The van der Waals surface area contributed by atoms with Crippen LogP contribution in [0.5, 0.6) is 11.5 Å². The number of fused-ring (bicyclic) bond motifs is 1. The molecular weight excluding hydrogens is 292 g/mol. The van der Waals surface area contributed by atoms with Gasteiger partial charge in [0.25, 0.3) is 5.91 Å². The zero-order chi connectivity index (χ0) is 16.4. The van der Waals surface area contributed by atoms with Crippen molar-refractivity contribution in [3.8, 4) is 11.5 Å². The second-order valence-electron chi connectivity index (χ2n) is 6.01. The summed E-state index contributed by atoms with van der Waals surface area (Å²) in [5.74, 6) is 1.40. The lowest BCUT2D eigenvalue weighted by Crippen LogP contribution is -2.43. The van der Waals surface area contributed by atoms with E-state index < -0.39 is 0 Å². The largest absolute Gasteiger partial charge is 0.493 e. The van der Waals surface area contributed by atoms with Gasteiger partial charge in [0, 0.05) is 30.2 Å². The van der Waals surface area contributed by atoms with Gasteiger partial charge >= 0.3 is 0 Å². The first kappa shape index (κ1) is 15.7. The number of benzene rings is 1. The predicted octanol–water partition coefficient (Wildman–Crippen LogP) is 3.59. The summed E-state index contributed by atoms with van der Waals surface area (Å²) in [6.07, 6.45) is 6.20. The fraction of sp³-hybridized carbons (Fsp3) is 0.500. The summed E-state index contributed by atoms with van der Waals surface area (Å²) >= 11 is 0. The summed E-state index contributed by atoms with van der Waals surface area (Å²) in [6, 6.07) is 4.10. The number of carbonyl (C=O) groups is 1. The van der Waals surface area contributed by atoms with Gasteiger partial charge in [-0.3, -0.25) is 4.79 Å². The average Bonchev–Trinajstić information content (AvgIpc) is 3.02. The molecule has 0 bridgehead atoms. The number of hydrogen-bond donors (Lipinski definition) is 1. The van der Waals surface area contributed by atoms with Crippen molar-refractivity contribution in [2.45, 2.75) is 38.6 Å². The Kier molecular flexibility index (Phi) is 4.46. The normalized spacial score (nSPS) is 18.2. The fourth-order valence-corrected chi connectivity index (χ4v) is 3.47. The summed E-state index contributed by atoms with van der Waals surface area (Å²) in [5.41, 5.74) is 1.59.